The molecular weight excluding hydrogens is 300 g/mol. The molecule has 24 heavy (non-hydrogen) atoms. The summed E-state index contributed by atoms with van der Waals surface area (Å²) < 4.78 is 1.82. The number of phenols is 1. The number of phenolic OH excluding ortho intramolecular Hbond substituents is 1. The van der Waals surface area contributed by atoms with Crippen molar-refractivity contribution in [3.05, 3.63) is 77.6 Å². The Labute approximate surface area is 141 Å². The summed E-state index contributed by atoms with van der Waals surface area (Å²) in [5, 5.41) is 21.3. The Hall–Kier alpha value is -2.66. The van der Waals surface area contributed by atoms with Gasteiger partial charge in [-0.15, -0.1) is 5.10 Å². The molecule has 4 rings (SSSR count). The fraction of sp³-hybridized carbons (Fsp3) is 0.263. The van der Waals surface area contributed by atoms with Crippen LogP contribution in [0.3, 0.4) is 0 Å². The minimum absolute atomic E-state index is 0.277. The highest BCUT2D eigenvalue weighted by Crippen LogP contribution is 2.40. The van der Waals surface area contributed by atoms with Gasteiger partial charge in [0.25, 0.3) is 0 Å². The summed E-state index contributed by atoms with van der Waals surface area (Å²) in [7, 11) is 0. The highest BCUT2D eigenvalue weighted by Gasteiger charge is 2.37. The molecule has 1 aliphatic carbocycles. The third kappa shape index (κ3) is 3.46. The molecule has 0 radical (unpaired) electrons. The number of hydrogen-bond donors (Lipinski definition) is 2. The SMILES string of the molecule is Oc1ccc(Cn2cc(CNC3CC3c3ccccc3)nn2)cc1. The van der Waals surface area contributed by atoms with E-state index in [1.807, 2.05) is 23.0 Å². The van der Waals surface area contributed by atoms with Crippen LogP contribution in [0.25, 0.3) is 0 Å². The Kier molecular flexibility index (Phi) is 4.01. The van der Waals surface area contributed by atoms with Crippen molar-refractivity contribution in [2.75, 3.05) is 0 Å². The van der Waals surface area contributed by atoms with Gasteiger partial charge in [-0.25, -0.2) is 4.68 Å². The fourth-order valence-electron chi connectivity index (χ4n) is 3.01. The van der Waals surface area contributed by atoms with Crippen molar-refractivity contribution in [2.24, 2.45) is 0 Å². The molecule has 0 amide bonds. The molecule has 1 heterocycles. The van der Waals surface area contributed by atoms with E-state index in [-0.39, 0.29) is 5.75 Å². The number of aromatic hydroxyl groups is 1. The first kappa shape index (κ1) is 14.9. The second kappa shape index (κ2) is 6.45. The van der Waals surface area contributed by atoms with E-state index in [1.165, 1.54) is 12.0 Å². The molecule has 2 unspecified atom stereocenters. The smallest absolute Gasteiger partial charge is 0.115 e. The lowest BCUT2D eigenvalue weighted by molar-refractivity contribution is 0.475. The zero-order valence-corrected chi connectivity index (χ0v) is 13.3. The van der Waals surface area contributed by atoms with E-state index in [4.69, 9.17) is 0 Å². The molecule has 0 spiro atoms. The molecule has 1 fully saturated rings. The molecule has 0 aliphatic heterocycles. The Bertz CT molecular complexity index is 798. The lowest BCUT2D eigenvalue weighted by Gasteiger charge is -2.02. The maximum atomic E-state index is 9.32. The fourth-order valence-corrected chi connectivity index (χ4v) is 3.01. The Morgan fingerprint density at radius 2 is 1.88 bits per heavy atom. The van der Waals surface area contributed by atoms with Gasteiger partial charge < -0.3 is 10.4 Å². The average molecular weight is 320 g/mol. The van der Waals surface area contributed by atoms with Gasteiger partial charge in [0, 0.05) is 18.5 Å². The number of nitrogens with one attached hydrogen (secondary N) is 1. The van der Waals surface area contributed by atoms with E-state index in [1.54, 1.807) is 12.1 Å². The monoisotopic (exact) mass is 320 g/mol. The minimum atomic E-state index is 0.277. The maximum Gasteiger partial charge on any atom is 0.115 e. The summed E-state index contributed by atoms with van der Waals surface area (Å²) in [5.74, 6) is 0.901. The van der Waals surface area contributed by atoms with Crippen LogP contribution in [0.2, 0.25) is 0 Å². The largest absolute Gasteiger partial charge is 0.508 e. The van der Waals surface area contributed by atoms with Crippen molar-refractivity contribution in [3.8, 4) is 5.75 Å². The van der Waals surface area contributed by atoms with E-state index in [9.17, 15) is 5.11 Å². The van der Waals surface area contributed by atoms with Gasteiger partial charge in [-0.05, 0) is 29.7 Å². The zero-order valence-electron chi connectivity index (χ0n) is 13.3. The standard InChI is InChI=1S/C19H20N4O/c24-17-8-6-14(7-9-17)12-23-13-16(21-22-23)11-20-19-10-18(19)15-4-2-1-3-5-15/h1-9,13,18-20,24H,10-12H2. The third-order valence-electron chi connectivity index (χ3n) is 4.43. The molecule has 1 aromatic heterocycles. The summed E-state index contributed by atoms with van der Waals surface area (Å²) in [6.07, 6.45) is 3.16. The van der Waals surface area contributed by atoms with Crippen molar-refractivity contribution in [1.29, 1.82) is 0 Å². The van der Waals surface area contributed by atoms with Crippen LogP contribution >= 0.6 is 0 Å². The number of nitrogens with zero attached hydrogens (tertiary/aromatic N) is 3. The van der Waals surface area contributed by atoms with Crippen LogP contribution in [0.1, 0.15) is 29.2 Å². The first-order valence-electron chi connectivity index (χ1n) is 8.23. The lowest BCUT2D eigenvalue weighted by atomic mass is 10.1. The molecule has 2 N–H and O–H groups in total. The van der Waals surface area contributed by atoms with Gasteiger partial charge in [0.15, 0.2) is 0 Å². The van der Waals surface area contributed by atoms with Crippen LogP contribution in [0.4, 0.5) is 0 Å². The van der Waals surface area contributed by atoms with Gasteiger partial charge in [-0.3, -0.25) is 0 Å². The molecule has 5 heteroatoms. The quantitative estimate of drug-likeness (QED) is 0.733. The van der Waals surface area contributed by atoms with E-state index in [0.717, 1.165) is 17.8 Å². The Morgan fingerprint density at radius 1 is 1.08 bits per heavy atom. The number of benzene rings is 2. The first-order valence-corrected chi connectivity index (χ1v) is 8.23. The van der Waals surface area contributed by atoms with Gasteiger partial charge >= 0.3 is 0 Å². The molecule has 1 saturated carbocycles. The molecule has 1 aliphatic rings. The van der Waals surface area contributed by atoms with E-state index in [2.05, 4.69) is 46.0 Å². The number of rotatable bonds is 6. The summed E-state index contributed by atoms with van der Waals surface area (Å²) >= 11 is 0. The zero-order chi connectivity index (χ0) is 16.4. The first-order chi connectivity index (χ1) is 11.8. The van der Waals surface area contributed by atoms with Crippen molar-refractivity contribution in [1.82, 2.24) is 20.3 Å². The predicted octanol–water partition coefficient (Wildman–Crippen LogP) is 2.68. The van der Waals surface area contributed by atoms with Gasteiger partial charge in [-0.1, -0.05) is 47.7 Å². The van der Waals surface area contributed by atoms with E-state index in [0.29, 0.717) is 18.5 Å². The molecule has 122 valence electrons. The van der Waals surface area contributed by atoms with Gasteiger partial charge in [0.2, 0.25) is 0 Å². The maximum absolute atomic E-state index is 9.32. The van der Waals surface area contributed by atoms with Crippen molar-refractivity contribution >= 4 is 0 Å². The number of aromatic nitrogens is 3. The van der Waals surface area contributed by atoms with Gasteiger partial charge in [-0.2, -0.15) is 0 Å². The predicted molar refractivity (Wildman–Crippen MR) is 91.7 cm³/mol. The summed E-state index contributed by atoms with van der Waals surface area (Å²) in [6, 6.07) is 18.3. The van der Waals surface area contributed by atoms with Crippen LogP contribution in [-0.4, -0.2) is 26.1 Å². The topological polar surface area (TPSA) is 63.0 Å². The van der Waals surface area contributed by atoms with Crippen molar-refractivity contribution in [2.45, 2.75) is 31.5 Å². The van der Waals surface area contributed by atoms with Crippen molar-refractivity contribution in [3.63, 3.8) is 0 Å². The van der Waals surface area contributed by atoms with Crippen LogP contribution in [0.15, 0.2) is 60.8 Å². The molecule has 2 atom stereocenters. The number of hydrogen-bond acceptors (Lipinski definition) is 4. The molecule has 0 bridgehead atoms. The van der Waals surface area contributed by atoms with Gasteiger partial charge in [0.05, 0.1) is 18.4 Å². The minimum Gasteiger partial charge on any atom is -0.508 e. The highest BCUT2D eigenvalue weighted by molar-refractivity contribution is 5.28. The molecule has 2 aromatic carbocycles. The highest BCUT2D eigenvalue weighted by atomic mass is 16.3. The summed E-state index contributed by atoms with van der Waals surface area (Å²) in [4.78, 5) is 0. The van der Waals surface area contributed by atoms with E-state index < -0.39 is 0 Å². The molecule has 0 saturated heterocycles. The molecule has 3 aromatic rings. The molecular formula is C19H20N4O. The van der Waals surface area contributed by atoms with Crippen LogP contribution in [0, 0.1) is 0 Å². The average Bonchev–Trinajstić information content (AvgIpc) is 3.27. The van der Waals surface area contributed by atoms with Gasteiger partial charge in [0.1, 0.15) is 5.75 Å². The second-order valence-electron chi connectivity index (χ2n) is 6.31. The third-order valence-corrected chi connectivity index (χ3v) is 4.43. The summed E-state index contributed by atoms with van der Waals surface area (Å²) in [5.41, 5.74) is 3.45. The second-order valence-corrected chi connectivity index (χ2v) is 6.31. The summed E-state index contributed by atoms with van der Waals surface area (Å²) in [6.45, 7) is 1.40. The van der Waals surface area contributed by atoms with E-state index >= 15 is 0 Å². The normalized spacial score (nSPS) is 19.3. The molecule has 5 nitrogen and oxygen atoms in total. The van der Waals surface area contributed by atoms with Crippen LogP contribution in [0.5, 0.6) is 5.75 Å². The Balaban J connectivity index is 1.29. The van der Waals surface area contributed by atoms with Crippen LogP contribution < -0.4 is 5.32 Å². The van der Waals surface area contributed by atoms with Crippen molar-refractivity contribution < 1.29 is 5.11 Å². The lowest BCUT2D eigenvalue weighted by Crippen LogP contribution is -2.17. The Morgan fingerprint density at radius 3 is 2.67 bits per heavy atom. The van der Waals surface area contributed by atoms with Crippen LogP contribution in [-0.2, 0) is 13.1 Å².